The van der Waals surface area contributed by atoms with E-state index < -0.39 is 0 Å². The predicted octanol–water partition coefficient (Wildman–Crippen LogP) is 3.24. The average Bonchev–Trinajstić information content (AvgIpc) is 2.47. The zero-order valence-electron chi connectivity index (χ0n) is 12.7. The molecule has 1 aliphatic heterocycles. The zero-order valence-corrected chi connectivity index (χ0v) is 12.7. The lowest BCUT2D eigenvalue weighted by Crippen LogP contribution is -2.42. The summed E-state index contributed by atoms with van der Waals surface area (Å²) in [7, 11) is 0. The van der Waals surface area contributed by atoms with Crippen molar-refractivity contribution in [2.24, 2.45) is 5.41 Å². The van der Waals surface area contributed by atoms with E-state index in [1.54, 1.807) is 0 Å². The summed E-state index contributed by atoms with van der Waals surface area (Å²) in [6.07, 6.45) is 4.89. The summed E-state index contributed by atoms with van der Waals surface area (Å²) in [5.41, 5.74) is 8.06. The minimum atomic E-state index is 0.292. The van der Waals surface area contributed by atoms with Gasteiger partial charge in [0.25, 0.3) is 0 Å². The summed E-state index contributed by atoms with van der Waals surface area (Å²) in [6, 6.07) is 7.81. The van der Waals surface area contributed by atoms with Gasteiger partial charge in [-0.15, -0.1) is 0 Å². The van der Waals surface area contributed by atoms with Crippen LogP contribution < -0.4 is 5.73 Å². The van der Waals surface area contributed by atoms with E-state index in [1.807, 2.05) is 29.2 Å². The maximum atomic E-state index is 12.2. The highest BCUT2D eigenvalue weighted by molar-refractivity contribution is 5.76. The van der Waals surface area contributed by atoms with Gasteiger partial charge in [-0.05, 0) is 42.4 Å². The molecule has 0 radical (unpaired) electrons. The number of carbonyl (C=O) groups is 1. The molecule has 1 aliphatic rings. The van der Waals surface area contributed by atoms with E-state index in [4.69, 9.17) is 5.73 Å². The Hall–Kier alpha value is -1.51. The number of amides is 1. The van der Waals surface area contributed by atoms with Crippen molar-refractivity contribution in [3.63, 3.8) is 0 Å². The molecule has 20 heavy (non-hydrogen) atoms. The molecule has 1 aromatic carbocycles. The standard InChI is InChI=1S/C17H26N2O/c1-3-17(2)10-12-19(13-11-17)16(20)9-6-14-4-7-15(18)8-5-14/h4-5,7-8H,3,6,9-13,18H2,1-2H3. The van der Waals surface area contributed by atoms with E-state index in [2.05, 4.69) is 13.8 Å². The number of aryl methyl sites for hydroxylation is 1. The number of benzene rings is 1. The highest BCUT2D eigenvalue weighted by atomic mass is 16.2. The van der Waals surface area contributed by atoms with E-state index in [1.165, 1.54) is 12.0 Å². The van der Waals surface area contributed by atoms with Gasteiger partial charge in [0.15, 0.2) is 0 Å². The lowest BCUT2D eigenvalue weighted by Gasteiger charge is -2.39. The van der Waals surface area contributed by atoms with Gasteiger partial charge in [0.2, 0.25) is 5.91 Å². The maximum Gasteiger partial charge on any atom is 0.222 e. The van der Waals surface area contributed by atoms with Gasteiger partial charge in [-0.1, -0.05) is 32.4 Å². The summed E-state index contributed by atoms with van der Waals surface area (Å²) >= 11 is 0. The van der Waals surface area contributed by atoms with Crippen molar-refractivity contribution in [1.29, 1.82) is 0 Å². The fourth-order valence-corrected chi connectivity index (χ4v) is 2.74. The second kappa shape index (κ2) is 6.29. The Bertz CT molecular complexity index is 445. The van der Waals surface area contributed by atoms with Crippen LogP contribution in [0.1, 0.15) is 45.1 Å². The van der Waals surface area contributed by atoms with Crippen LogP contribution in [0.4, 0.5) is 5.69 Å². The van der Waals surface area contributed by atoms with Crippen LogP contribution in [0.2, 0.25) is 0 Å². The molecular formula is C17H26N2O. The summed E-state index contributed by atoms with van der Waals surface area (Å²) < 4.78 is 0. The van der Waals surface area contributed by atoms with Gasteiger partial charge in [-0.3, -0.25) is 4.79 Å². The van der Waals surface area contributed by atoms with Crippen LogP contribution in [0, 0.1) is 5.41 Å². The molecule has 3 heteroatoms. The number of carbonyl (C=O) groups excluding carboxylic acids is 1. The normalized spacial score (nSPS) is 18.0. The van der Waals surface area contributed by atoms with Crippen LogP contribution in [0.25, 0.3) is 0 Å². The number of likely N-dealkylation sites (tertiary alicyclic amines) is 1. The molecule has 1 saturated heterocycles. The molecule has 2 N–H and O–H groups in total. The first-order valence-corrected chi connectivity index (χ1v) is 7.65. The van der Waals surface area contributed by atoms with Crippen LogP contribution in [0.3, 0.4) is 0 Å². The highest BCUT2D eigenvalue weighted by Gasteiger charge is 2.29. The first-order chi connectivity index (χ1) is 9.52. The third-order valence-electron chi connectivity index (χ3n) is 4.78. The third-order valence-corrected chi connectivity index (χ3v) is 4.78. The summed E-state index contributed by atoms with van der Waals surface area (Å²) in [4.78, 5) is 14.3. The molecule has 0 spiro atoms. The van der Waals surface area contributed by atoms with E-state index in [0.29, 0.717) is 17.7 Å². The predicted molar refractivity (Wildman–Crippen MR) is 83.4 cm³/mol. The van der Waals surface area contributed by atoms with E-state index in [9.17, 15) is 4.79 Å². The smallest absolute Gasteiger partial charge is 0.222 e. The Labute approximate surface area is 122 Å². The molecule has 1 aromatic rings. The molecule has 110 valence electrons. The lowest BCUT2D eigenvalue weighted by atomic mass is 9.78. The van der Waals surface area contributed by atoms with Gasteiger partial charge < -0.3 is 10.6 Å². The van der Waals surface area contributed by atoms with Crippen molar-refractivity contribution in [2.45, 2.75) is 46.0 Å². The van der Waals surface area contributed by atoms with Crippen LogP contribution in [-0.4, -0.2) is 23.9 Å². The molecule has 1 heterocycles. The van der Waals surface area contributed by atoms with Gasteiger partial charge in [0.05, 0.1) is 0 Å². The van der Waals surface area contributed by atoms with Crippen LogP contribution in [0.5, 0.6) is 0 Å². The molecule has 1 fully saturated rings. The molecule has 0 atom stereocenters. The number of nitrogens with two attached hydrogens (primary N) is 1. The van der Waals surface area contributed by atoms with Crippen LogP contribution in [0.15, 0.2) is 24.3 Å². The molecule has 0 aromatic heterocycles. The monoisotopic (exact) mass is 274 g/mol. The Balaban J connectivity index is 1.80. The Kier molecular flexibility index (Phi) is 4.69. The zero-order chi connectivity index (χ0) is 14.6. The number of nitrogens with zero attached hydrogens (tertiary/aromatic N) is 1. The van der Waals surface area contributed by atoms with E-state index >= 15 is 0 Å². The fourth-order valence-electron chi connectivity index (χ4n) is 2.74. The lowest BCUT2D eigenvalue weighted by molar-refractivity contribution is -0.133. The second-order valence-corrected chi connectivity index (χ2v) is 6.29. The Morgan fingerprint density at radius 2 is 1.85 bits per heavy atom. The van der Waals surface area contributed by atoms with Crippen molar-refractivity contribution >= 4 is 11.6 Å². The van der Waals surface area contributed by atoms with Gasteiger partial charge in [-0.25, -0.2) is 0 Å². The van der Waals surface area contributed by atoms with Crippen molar-refractivity contribution in [3.8, 4) is 0 Å². The first kappa shape index (κ1) is 14.9. The van der Waals surface area contributed by atoms with Crippen LogP contribution >= 0.6 is 0 Å². The summed E-state index contributed by atoms with van der Waals surface area (Å²) in [5, 5.41) is 0. The molecular weight excluding hydrogens is 248 g/mol. The number of nitrogen functional groups attached to an aromatic ring is 1. The number of piperidine rings is 1. The summed E-state index contributed by atoms with van der Waals surface area (Å²) in [5.74, 6) is 0.292. The Morgan fingerprint density at radius 3 is 2.40 bits per heavy atom. The summed E-state index contributed by atoms with van der Waals surface area (Å²) in [6.45, 7) is 6.43. The largest absolute Gasteiger partial charge is 0.399 e. The highest BCUT2D eigenvalue weighted by Crippen LogP contribution is 2.34. The molecule has 0 unspecified atom stereocenters. The molecule has 0 bridgehead atoms. The van der Waals surface area contributed by atoms with Gasteiger partial charge >= 0.3 is 0 Å². The molecule has 0 aliphatic carbocycles. The fraction of sp³-hybridized carbons (Fsp3) is 0.588. The van der Waals surface area contributed by atoms with Crippen LogP contribution in [-0.2, 0) is 11.2 Å². The third kappa shape index (κ3) is 3.75. The quantitative estimate of drug-likeness (QED) is 0.857. The minimum absolute atomic E-state index is 0.292. The topological polar surface area (TPSA) is 46.3 Å². The van der Waals surface area contributed by atoms with Crippen molar-refractivity contribution in [1.82, 2.24) is 4.90 Å². The van der Waals surface area contributed by atoms with E-state index in [-0.39, 0.29) is 0 Å². The van der Waals surface area contributed by atoms with Crippen molar-refractivity contribution < 1.29 is 4.79 Å². The number of anilines is 1. The number of hydrogen-bond acceptors (Lipinski definition) is 2. The second-order valence-electron chi connectivity index (χ2n) is 6.29. The first-order valence-electron chi connectivity index (χ1n) is 7.65. The molecule has 1 amide bonds. The Morgan fingerprint density at radius 1 is 1.25 bits per heavy atom. The SMILES string of the molecule is CCC1(C)CCN(C(=O)CCc2ccc(N)cc2)CC1. The number of hydrogen-bond donors (Lipinski definition) is 1. The van der Waals surface area contributed by atoms with Gasteiger partial charge in [-0.2, -0.15) is 0 Å². The van der Waals surface area contributed by atoms with Gasteiger partial charge in [0, 0.05) is 25.2 Å². The molecule has 2 rings (SSSR count). The number of rotatable bonds is 4. The molecule has 3 nitrogen and oxygen atoms in total. The van der Waals surface area contributed by atoms with E-state index in [0.717, 1.165) is 38.0 Å². The molecule has 0 saturated carbocycles. The average molecular weight is 274 g/mol. The van der Waals surface area contributed by atoms with Crippen molar-refractivity contribution in [2.75, 3.05) is 18.8 Å². The minimum Gasteiger partial charge on any atom is -0.399 e. The van der Waals surface area contributed by atoms with Crippen molar-refractivity contribution in [3.05, 3.63) is 29.8 Å². The maximum absolute atomic E-state index is 12.2. The van der Waals surface area contributed by atoms with Gasteiger partial charge in [0.1, 0.15) is 0 Å².